The minimum atomic E-state index is 0.451. The molecule has 1 saturated carbocycles. The highest BCUT2D eigenvalue weighted by atomic mass is 79.9. The van der Waals surface area contributed by atoms with E-state index in [1.165, 1.54) is 22.0 Å². The van der Waals surface area contributed by atoms with Crippen LogP contribution in [0.2, 0.25) is 0 Å². The van der Waals surface area contributed by atoms with E-state index in [-0.39, 0.29) is 0 Å². The van der Waals surface area contributed by atoms with Gasteiger partial charge in [0, 0.05) is 16.4 Å². The van der Waals surface area contributed by atoms with Gasteiger partial charge in [0.15, 0.2) is 0 Å². The van der Waals surface area contributed by atoms with Crippen LogP contribution in [0.15, 0.2) is 22.7 Å². The Labute approximate surface area is 80.1 Å². The zero-order valence-corrected chi connectivity index (χ0v) is 8.21. The number of rotatable bonds is 0. The molecule has 0 heterocycles. The van der Waals surface area contributed by atoms with Gasteiger partial charge in [0.1, 0.15) is 0 Å². The first-order valence-corrected chi connectivity index (χ1v) is 5.10. The second kappa shape index (κ2) is 2.12. The summed E-state index contributed by atoms with van der Waals surface area (Å²) in [5.41, 5.74) is 8.92. The molecule has 0 spiro atoms. The predicted molar refractivity (Wildman–Crippen MR) is 52.1 cm³/mol. The van der Waals surface area contributed by atoms with Gasteiger partial charge < -0.3 is 5.73 Å². The molecule has 12 heavy (non-hydrogen) atoms. The van der Waals surface area contributed by atoms with E-state index in [2.05, 4.69) is 34.1 Å². The van der Waals surface area contributed by atoms with Crippen LogP contribution < -0.4 is 5.73 Å². The largest absolute Gasteiger partial charge is 0.327 e. The minimum Gasteiger partial charge on any atom is -0.327 e. The first kappa shape index (κ1) is 7.10. The smallest absolute Gasteiger partial charge is 0.0178 e. The van der Waals surface area contributed by atoms with Crippen molar-refractivity contribution in [2.75, 3.05) is 0 Å². The molecule has 0 amide bonds. The Morgan fingerprint density at radius 2 is 2.25 bits per heavy atom. The van der Waals surface area contributed by atoms with Gasteiger partial charge in [-0.3, -0.25) is 0 Å². The highest BCUT2D eigenvalue weighted by Crippen LogP contribution is 2.55. The van der Waals surface area contributed by atoms with Gasteiger partial charge >= 0.3 is 0 Å². The summed E-state index contributed by atoms with van der Waals surface area (Å²) in [7, 11) is 0. The fourth-order valence-electron chi connectivity index (χ4n) is 2.42. The molecule has 0 radical (unpaired) electrons. The molecule has 1 nitrogen and oxygen atoms in total. The van der Waals surface area contributed by atoms with Crippen molar-refractivity contribution < 1.29 is 0 Å². The van der Waals surface area contributed by atoms with Crippen LogP contribution in [0.1, 0.15) is 17.0 Å². The number of fused-ring (bicyclic) bond motifs is 3. The molecule has 1 fully saturated rings. The third-order valence-electron chi connectivity index (χ3n) is 3.15. The lowest BCUT2D eigenvalue weighted by Gasteiger charge is -2.04. The number of hydrogen-bond donors (Lipinski definition) is 1. The molecule has 2 aliphatic rings. The number of benzene rings is 1. The Morgan fingerprint density at radius 1 is 1.42 bits per heavy atom. The lowest BCUT2D eigenvalue weighted by molar-refractivity contribution is 0.801. The average molecular weight is 224 g/mol. The molecule has 0 saturated heterocycles. The molecule has 2 heteroatoms. The highest BCUT2D eigenvalue weighted by Gasteiger charge is 2.53. The van der Waals surface area contributed by atoms with E-state index in [1.54, 1.807) is 0 Å². The van der Waals surface area contributed by atoms with E-state index < -0.39 is 0 Å². The van der Waals surface area contributed by atoms with E-state index in [9.17, 15) is 0 Å². The summed E-state index contributed by atoms with van der Waals surface area (Å²) in [6.45, 7) is 0. The van der Waals surface area contributed by atoms with Crippen molar-refractivity contribution in [1.29, 1.82) is 0 Å². The Hall–Kier alpha value is -0.340. The quantitative estimate of drug-likeness (QED) is 0.717. The van der Waals surface area contributed by atoms with E-state index >= 15 is 0 Å². The summed E-state index contributed by atoms with van der Waals surface area (Å²) in [4.78, 5) is 0. The molecule has 3 rings (SSSR count). The molecule has 0 aromatic heterocycles. The monoisotopic (exact) mass is 223 g/mol. The summed E-state index contributed by atoms with van der Waals surface area (Å²) in [5.74, 6) is 1.44. The van der Waals surface area contributed by atoms with Crippen molar-refractivity contribution in [3.05, 3.63) is 33.8 Å². The van der Waals surface area contributed by atoms with E-state index in [0.717, 1.165) is 5.92 Å². The van der Waals surface area contributed by atoms with Crippen LogP contribution in [-0.4, -0.2) is 6.04 Å². The van der Waals surface area contributed by atoms with Crippen molar-refractivity contribution in [3.63, 3.8) is 0 Å². The first-order chi connectivity index (χ1) is 5.77. The van der Waals surface area contributed by atoms with Crippen LogP contribution in [0.25, 0.3) is 0 Å². The molecular weight excluding hydrogens is 214 g/mol. The summed E-state index contributed by atoms with van der Waals surface area (Å²) in [6, 6.07) is 7.02. The zero-order valence-electron chi connectivity index (χ0n) is 6.63. The zero-order chi connectivity index (χ0) is 8.29. The van der Waals surface area contributed by atoms with E-state index in [1.807, 2.05) is 0 Å². The summed E-state index contributed by atoms with van der Waals surface area (Å²) >= 11 is 3.49. The van der Waals surface area contributed by atoms with Gasteiger partial charge in [-0.2, -0.15) is 0 Å². The Kier molecular flexibility index (Phi) is 1.25. The van der Waals surface area contributed by atoms with Crippen molar-refractivity contribution in [2.45, 2.75) is 18.4 Å². The molecule has 62 valence electrons. The van der Waals surface area contributed by atoms with Crippen LogP contribution in [0.4, 0.5) is 0 Å². The van der Waals surface area contributed by atoms with Crippen molar-refractivity contribution >= 4 is 15.9 Å². The standard InChI is InChI=1S/C10H10BrN/c11-6-2-1-5-3-8-9(10(8)12)7(5)4-6/h1-2,4,8-10H,3,12H2/t8-,9-,10+/m0/s1. The van der Waals surface area contributed by atoms with Gasteiger partial charge in [-0.15, -0.1) is 0 Å². The molecule has 3 atom stereocenters. The lowest BCUT2D eigenvalue weighted by atomic mass is 10.1. The normalized spacial score (nSPS) is 36.0. The second-order valence-electron chi connectivity index (χ2n) is 3.81. The van der Waals surface area contributed by atoms with Gasteiger partial charge in [-0.05, 0) is 35.6 Å². The third kappa shape index (κ3) is 0.771. The molecule has 0 bridgehead atoms. The predicted octanol–water partition coefficient (Wildman–Crippen LogP) is 2.05. The Bertz CT molecular complexity index is 348. The SMILES string of the molecule is N[C@@H]1[C@H]2Cc3ccc(Br)cc3[C@H]12. The number of nitrogens with two attached hydrogens (primary N) is 1. The molecule has 1 aromatic rings. The van der Waals surface area contributed by atoms with Crippen molar-refractivity contribution in [2.24, 2.45) is 11.7 Å². The molecular formula is C10H10BrN. The van der Waals surface area contributed by atoms with Crippen LogP contribution in [0.3, 0.4) is 0 Å². The second-order valence-corrected chi connectivity index (χ2v) is 4.73. The maximum absolute atomic E-state index is 5.92. The van der Waals surface area contributed by atoms with Crippen molar-refractivity contribution in [3.8, 4) is 0 Å². The lowest BCUT2D eigenvalue weighted by Crippen LogP contribution is -2.08. The van der Waals surface area contributed by atoms with Crippen molar-refractivity contribution in [1.82, 2.24) is 0 Å². The maximum atomic E-state index is 5.92. The first-order valence-electron chi connectivity index (χ1n) is 4.31. The van der Waals surface area contributed by atoms with Crippen LogP contribution >= 0.6 is 15.9 Å². The highest BCUT2D eigenvalue weighted by molar-refractivity contribution is 9.10. The van der Waals surface area contributed by atoms with E-state index in [4.69, 9.17) is 5.73 Å². The minimum absolute atomic E-state index is 0.451. The Balaban J connectivity index is 2.12. The number of hydrogen-bond acceptors (Lipinski definition) is 1. The fourth-order valence-corrected chi connectivity index (χ4v) is 2.80. The Morgan fingerprint density at radius 3 is 3.08 bits per heavy atom. The summed E-state index contributed by atoms with van der Waals surface area (Å²) < 4.78 is 1.18. The molecule has 0 aliphatic heterocycles. The molecule has 0 unspecified atom stereocenters. The third-order valence-corrected chi connectivity index (χ3v) is 3.65. The van der Waals surface area contributed by atoms with Crippen LogP contribution in [0.5, 0.6) is 0 Å². The van der Waals surface area contributed by atoms with Gasteiger partial charge in [-0.25, -0.2) is 0 Å². The van der Waals surface area contributed by atoms with Gasteiger partial charge in [0.05, 0.1) is 0 Å². The van der Waals surface area contributed by atoms with Crippen LogP contribution in [0, 0.1) is 5.92 Å². The topological polar surface area (TPSA) is 26.0 Å². The molecule has 1 aromatic carbocycles. The summed E-state index contributed by atoms with van der Waals surface area (Å²) in [5, 5.41) is 0. The van der Waals surface area contributed by atoms with Gasteiger partial charge in [-0.1, -0.05) is 22.0 Å². The van der Waals surface area contributed by atoms with Gasteiger partial charge in [0.25, 0.3) is 0 Å². The molecule has 2 aliphatic carbocycles. The molecule has 2 N–H and O–H groups in total. The van der Waals surface area contributed by atoms with Crippen LogP contribution in [-0.2, 0) is 6.42 Å². The van der Waals surface area contributed by atoms with Gasteiger partial charge in [0.2, 0.25) is 0 Å². The fraction of sp³-hybridized carbons (Fsp3) is 0.400. The maximum Gasteiger partial charge on any atom is 0.0178 e. The van der Waals surface area contributed by atoms with E-state index in [0.29, 0.717) is 12.0 Å². The number of halogens is 1. The summed E-state index contributed by atoms with van der Waals surface area (Å²) in [6.07, 6.45) is 1.20. The average Bonchev–Trinajstić information content (AvgIpc) is 2.55.